The van der Waals surface area contributed by atoms with Crippen molar-refractivity contribution in [2.75, 3.05) is 13.9 Å². The van der Waals surface area contributed by atoms with E-state index in [1.54, 1.807) is 12.1 Å². The van der Waals surface area contributed by atoms with Gasteiger partial charge in [-0.1, -0.05) is 22.0 Å². The molecule has 0 N–H and O–H groups in total. The third-order valence-electron chi connectivity index (χ3n) is 2.78. The molecular weight excluding hydrogens is 393 g/mol. The fraction of sp³-hybridized carbons (Fsp3) is 0.250. The zero-order valence-electron chi connectivity index (χ0n) is 12.6. The predicted molar refractivity (Wildman–Crippen MR) is 84.0 cm³/mol. The van der Waals surface area contributed by atoms with E-state index in [9.17, 15) is 13.2 Å². The predicted octanol–water partition coefficient (Wildman–Crippen LogP) is 5.26. The second-order valence-electron chi connectivity index (χ2n) is 4.63. The molecule has 0 radical (unpaired) electrons. The first-order valence-corrected chi connectivity index (χ1v) is 7.55. The third-order valence-corrected chi connectivity index (χ3v) is 3.51. The van der Waals surface area contributed by atoms with Crippen molar-refractivity contribution in [1.29, 1.82) is 0 Å². The highest BCUT2D eigenvalue weighted by Gasteiger charge is 2.30. The summed E-state index contributed by atoms with van der Waals surface area (Å²) in [6.45, 7) is 0.565. The molecule has 4 nitrogen and oxygen atoms in total. The minimum atomic E-state index is -4.71. The fourth-order valence-electron chi connectivity index (χ4n) is 1.79. The highest BCUT2D eigenvalue weighted by atomic mass is 79.9. The maximum Gasteiger partial charge on any atom is 0.573 e. The first-order chi connectivity index (χ1) is 11.4. The first-order valence-electron chi connectivity index (χ1n) is 6.76. The summed E-state index contributed by atoms with van der Waals surface area (Å²) in [5.41, 5.74) is 0.910. The number of rotatable bonds is 7. The fourth-order valence-corrected chi connectivity index (χ4v) is 2.26. The van der Waals surface area contributed by atoms with Crippen LogP contribution in [0.1, 0.15) is 5.56 Å². The Morgan fingerprint density at radius 3 is 2.17 bits per heavy atom. The van der Waals surface area contributed by atoms with E-state index in [-0.39, 0.29) is 12.5 Å². The van der Waals surface area contributed by atoms with Gasteiger partial charge in [-0.25, -0.2) is 0 Å². The Morgan fingerprint density at radius 2 is 1.58 bits per heavy atom. The molecule has 0 atom stereocenters. The largest absolute Gasteiger partial charge is 0.573 e. The Balaban J connectivity index is 1.99. The molecule has 0 aliphatic heterocycles. The zero-order valence-corrected chi connectivity index (χ0v) is 14.2. The summed E-state index contributed by atoms with van der Waals surface area (Å²) in [6.07, 6.45) is -4.71. The summed E-state index contributed by atoms with van der Waals surface area (Å²) in [6, 6.07) is 10.4. The number of ether oxygens (including phenoxy) is 4. The van der Waals surface area contributed by atoms with Crippen molar-refractivity contribution >= 4 is 15.9 Å². The third kappa shape index (κ3) is 6.03. The SMILES string of the molecule is COCOCc1ccc(Oc2ccc(OC(F)(F)F)cc2)cc1Br. The van der Waals surface area contributed by atoms with Gasteiger partial charge in [0.1, 0.15) is 24.0 Å². The van der Waals surface area contributed by atoms with Gasteiger partial charge in [-0.2, -0.15) is 0 Å². The number of hydrogen-bond acceptors (Lipinski definition) is 4. The van der Waals surface area contributed by atoms with Crippen molar-refractivity contribution in [3.63, 3.8) is 0 Å². The molecule has 2 aromatic carbocycles. The zero-order chi connectivity index (χ0) is 17.6. The van der Waals surface area contributed by atoms with Crippen molar-refractivity contribution in [2.45, 2.75) is 13.0 Å². The Bertz CT molecular complexity index is 659. The summed E-state index contributed by atoms with van der Waals surface area (Å²) in [7, 11) is 1.54. The topological polar surface area (TPSA) is 36.9 Å². The average molecular weight is 407 g/mol. The van der Waals surface area contributed by atoms with E-state index in [1.807, 2.05) is 6.07 Å². The van der Waals surface area contributed by atoms with Crippen molar-refractivity contribution in [3.05, 3.63) is 52.5 Å². The number of hydrogen-bond donors (Lipinski definition) is 0. The summed E-state index contributed by atoms with van der Waals surface area (Å²) >= 11 is 3.41. The van der Waals surface area contributed by atoms with E-state index in [2.05, 4.69) is 20.7 Å². The maximum absolute atomic E-state index is 12.1. The minimum absolute atomic E-state index is 0.192. The van der Waals surface area contributed by atoms with Crippen LogP contribution in [-0.4, -0.2) is 20.3 Å². The smallest absolute Gasteiger partial charge is 0.457 e. The van der Waals surface area contributed by atoms with Crippen LogP contribution in [0.4, 0.5) is 13.2 Å². The number of methoxy groups -OCH3 is 1. The van der Waals surface area contributed by atoms with Crippen LogP contribution in [0.5, 0.6) is 17.2 Å². The monoisotopic (exact) mass is 406 g/mol. The Labute approximate surface area is 145 Å². The van der Waals surface area contributed by atoms with Gasteiger partial charge < -0.3 is 18.9 Å². The molecule has 0 heterocycles. The lowest BCUT2D eigenvalue weighted by Crippen LogP contribution is -2.16. The van der Waals surface area contributed by atoms with E-state index >= 15 is 0 Å². The molecule has 24 heavy (non-hydrogen) atoms. The van der Waals surface area contributed by atoms with Crippen LogP contribution in [0.3, 0.4) is 0 Å². The van der Waals surface area contributed by atoms with E-state index < -0.39 is 6.36 Å². The van der Waals surface area contributed by atoms with Crippen molar-refractivity contribution in [3.8, 4) is 17.2 Å². The van der Waals surface area contributed by atoms with Crippen LogP contribution in [0.15, 0.2) is 46.9 Å². The molecule has 0 amide bonds. The first kappa shape index (κ1) is 18.6. The van der Waals surface area contributed by atoms with Crippen LogP contribution < -0.4 is 9.47 Å². The van der Waals surface area contributed by atoms with E-state index in [0.29, 0.717) is 18.1 Å². The molecule has 0 unspecified atom stereocenters. The molecule has 8 heteroatoms. The van der Waals surface area contributed by atoms with Gasteiger partial charge in [-0.3, -0.25) is 0 Å². The van der Waals surface area contributed by atoms with Crippen LogP contribution in [0.2, 0.25) is 0 Å². The van der Waals surface area contributed by atoms with Gasteiger partial charge in [-0.05, 0) is 42.0 Å². The summed E-state index contributed by atoms with van der Waals surface area (Å²) in [5.74, 6) is 0.614. The van der Waals surface area contributed by atoms with Crippen molar-refractivity contribution < 1.29 is 32.1 Å². The molecule has 0 saturated carbocycles. The van der Waals surface area contributed by atoms with Crippen molar-refractivity contribution in [2.24, 2.45) is 0 Å². The van der Waals surface area contributed by atoms with Gasteiger partial charge in [0, 0.05) is 11.6 Å². The van der Waals surface area contributed by atoms with E-state index in [0.717, 1.165) is 10.0 Å². The Hall–Kier alpha value is -1.77. The summed E-state index contributed by atoms with van der Waals surface area (Å²) in [5, 5.41) is 0. The lowest BCUT2D eigenvalue weighted by molar-refractivity contribution is -0.274. The highest BCUT2D eigenvalue weighted by Crippen LogP contribution is 2.30. The molecule has 0 spiro atoms. The molecule has 0 fully saturated rings. The van der Waals surface area contributed by atoms with Crippen molar-refractivity contribution in [1.82, 2.24) is 0 Å². The second-order valence-corrected chi connectivity index (χ2v) is 5.48. The second kappa shape index (κ2) is 8.36. The quantitative estimate of drug-likeness (QED) is 0.464. The molecular formula is C16H14BrF3O4. The van der Waals surface area contributed by atoms with E-state index in [4.69, 9.17) is 14.2 Å². The minimum Gasteiger partial charge on any atom is -0.457 e. The van der Waals surface area contributed by atoms with Gasteiger partial charge in [0.25, 0.3) is 0 Å². The number of halogens is 4. The Kier molecular flexibility index (Phi) is 6.47. The average Bonchev–Trinajstić information content (AvgIpc) is 2.50. The van der Waals surface area contributed by atoms with Gasteiger partial charge in [0.05, 0.1) is 6.61 Å². The molecule has 0 aliphatic carbocycles. The van der Waals surface area contributed by atoms with Crippen LogP contribution in [-0.2, 0) is 16.1 Å². The van der Waals surface area contributed by atoms with Gasteiger partial charge in [-0.15, -0.1) is 13.2 Å². The molecule has 130 valence electrons. The normalized spacial score (nSPS) is 11.4. The molecule has 0 saturated heterocycles. The Morgan fingerprint density at radius 1 is 0.958 bits per heavy atom. The summed E-state index contributed by atoms with van der Waals surface area (Å²) in [4.78, 5) is 0. The molecule has 2 aromatic rings. The lowest BCUT2D eigenvalue weighted by atomic mass is 10.2. The standard InChI is InChI=1S/C16H14BrF3O4/c1-21-10-22-9-11-2-3-14(8-15(11)17)23-12-4-6-13(7-5-12)24-16(18,19)20/h2-8H,9-10H2,1H3. The summed E-state index contributed by atoms with van der Waals surface area (Å²) < 4.78 is 56.6. The van der Waals surface area contributed by atoms with Gasteiger partial charge >= 0.3 is 6.36 Å². The molecule has 0 aromatic heterocycles. The maximum atomic E-state index is 12.1. The number of alkyl halides is 3. The van der Waals surface area contributed by atoms with Gasteiger partial charge in [0.15, 0.2) is 0 Å². The lowest BCUT2D eigenvalue weighted by Gasteiger charge is -2.11. The van der Waals surface area contributed by atoms with Crippen LogP contribution >= 0.6 is 15.9 Å². The molecule has 0 aliphatic rings. The van der Waals surface area contributed by atoms with E-state index in [1.165, 1.54) is 31.4 Å². The number of benzene rings is 2. The van der Waals surface area contributed by atoms with Crippen LogP contribution in [0.25, 0.3) is 0 Å². The molecule has 2 rings (SSSR count). The van der Waals surface area contributed by atoms with Gasteiger partial charge in [0.2, 0.25) is 0 Å². The highest BCUT2D eigenvalue weighted by molar-refractivity contribution is 9.10. The van der Waals surface area contributed by atoms with Crippen LogP contribution in [0, 0.1) is 0 Å². The molecule has 0 bridgehead atoms.